The molecule has 0 atom stereocenters. The first kappa shape index (κ1) is 13.1. The van der Waals surface area contributed by atoms with E-state index < -0.39 is 0 Å². The lowest BCUT2D eigenvalue weighted by Gasteiger charge is -2.32. The fourth-order valence-electron chi connectivity index (χ4n) is 2.39. The van der Waals surface area contributed by atoms with Crippen molar-refractivity contribution in [2.24, 2.45) is 0 Å². The van der Waals surface area contributed by atoms with Gasteiger partial charge in [0.1, 0.15) is 0 Å². The number of piperazine rings is 1. The number of nitrogens with zero attached hydrogens (tertiary/aromatic N) is 3. The highest BCUT2D eigenvalue weighted by Gasteiger charge is 2.19. The third-order valence-electron chi connectivity index (χ3n) is 3.73. The maximum Gasteiger partial charge on any atom is 0.222 e. The number of hydrogen-bond acceptors (Lipinski definition) is 3. The standard InChI is InChI=1S/C13H22N4O/c1-10-12(11(2)15-14-10)4-5-13(18)17-8-6-16(3)7-9-17/h4-9H2,1-3H3,(H,14,15). The van der Waals surface area contributed by atoms with Gasteiger partial charge < -0.3 is 9.80 Å². The van der Waals surface area contributed by atoms with Gasteiger partial charge in [-0.3, -0.25) is 9.89 Å². The van der Waals surface area contributed by atoms with Crippen LogP contribution in [0, 0.1) is 13.8 Å². The first-order valence-corrected chi connectivity index (χ1v) is 6.54. The van der Waals surface area contributed by atoms with Gasteiger partial charge in [0.2, 0.25) is 5.91 Å². The molecule has 1 aliphatic rings. The Morgan fingerprint density at radius 3 is 2.50 bits per heavy atom. The molecule has 0 radical (unpaired) electrons. The van der Waals surface area contributed by atoms with Crippen molar-refractivity contribution in [3.8, 4) is 0 Å². The van der Waals surface area contributed by atoms with Crippen LogP contribution in [-0.2, 0) is 11.2 Å². The van der Waals surface area contributed by atoms with Crippen molar-refractivity contribution in [1.29, 1.82) is 0 Å². The smallest absolute Gasteiger partial charge is 0.222 e. The van der Waals surface area contributed by atoms with E-state index in [9.17, 15) is 4.79 Å². The third kappa shape index (κ3) is 2.90. The zero-order valence-electron chi connectivity index (χ0n) is 11.5. The molecule has 0 spiro atoms. The second-order valence-corrected chi connectivity index (χ2v) is 5.10. The highest BCUT2D eigenvalue weighted by Crippen LogP contribution is 2.13. The lowest BCUT2D eigenvalue weighted by molar-refractivity contribution is -0.132. The fourth-order valence-corrected chi connectivity index (χ4v) is 2.39. The van der Waals surface area contributed by atoms with E-state index in [0.29, 0.717) is 6.42 Å². The minimum atomic E-state index is 0.267. The average molecular weight is 250 g/mol. The number of carbonyl (C=O) groups excluding carboxylic acids is 1. The average Bonchev–Trinajstić information content (AvgIpc) is 2.67. The van der Waals surface area contributed by atoms with Crippen LogP contribution in [0.2, 0.25) is 0 Å². The van der Waals surface area contributed by atoms with Crippen LogP contribution in [0.15, 0.2) is 0 Å². The maximum atomic E-state index is 12.1. The zero-order chi connectivity index (χ0) is 13.1. The van der Waals surface area contributed by atoms with Crippen LogP contribution in [0.3, 0.4) is 0 Å². The summed E-state index contributed by atoms with van der Waals surface area (Å²) in [6.07, 6.45) is 1.38. The van der Waals surface area contributed by atoms with Crippen molar-refractivity contribution < 1.29 is 4.79 Å². The van der Waals surface area contributed by atoms with Crippen LogP contribution in [0.5, 0.6) is 0 Å². The van der Waals surface area contributed by atoms with E-state index in [1.165, 1.54) is 5.56 Å². The quantitative estimate of drug-likeness (QED) is 0.860. The summed E-state index contributed by atoms with van der Waals surface area (Å²) in [5, 5.41) is 7.12. The Hall–Kier alpha value is -1.36. The number of amides is 1. The SMILES string of the molecule is Cc1n[nH]c(C)c1CCC(=O)N1CCN(C)CC1. The molecular weight excluding hydrogens is 228 g/mol. The van der Waals surface area contributed by atoms with Gasteiger partial charge in [0.15, 0.2) is 0 Å². The molecule has 2 rings (SSSR count). The molecule has 1 amide bonds. The number of carbonyl (C=O) groups is 1. The molecule has 2 heterocycles. The summed E-state index contributed by atoms with van der Waals surface area (Å²) >= 11 is 0. The Kier molecular flexibility index (Phi) is 4.01. The Balaban J connectivity index is 1.85. The summed E-state index contributed by atoms with van der Waals surface area (Å²) in [6, 6.07) is 0. The summed E-state index contributed by atoms with van der Waals surface area (Å²) in [6.45, 7) is 7.68. The molecule has 0 unspecified atom stereocenters. The predicted octanol–water partition coefficient (Wildman–Crippen LogP) is 0.733. The molecule has 1 saturated heterocycles. The van der Waals surface area contributed by atoms with Gasteiger partial charge in [-0.2, -0.15) is 5.10 Å². The molecule has 1 aromatic rings. The van der Waals surface area contributed by atoms with E-state index in [-0.39, 0.29) is 5.91 Å². The van der Waals surface area contributed by atoms with Crippen molar-refractivity contribution in [3.05, 3.63) is 17.0 Å². The number of likely N-dealkylation sites (N-methyl/N-ethyl adjacent to an activating group) is 1. The van der Waals surface area contributed by atoms with Crippen LogP contribution >= 0.6 is 0 Å². The number of nitrogens with one attached hydrogen (secondary N) is 1. The molecule has 1 fully saturated rings. The molecule has 18 heavy (non-hydrogen) atoms. The molecule has 0 saturated carbocycles. The minimum Gasteiger partial charge on any atom is -0.340 e. The van der Waals surface area contributed by atoms with E-state index in [1.807, 2.05) is 18.7 Å². The minimum absolute atomic E-state index is 0.267. The summed E-state index contributed by atoms with van der Waals surface area (Å²) in [5.41, 5.74) is 3.29. The van der Waals surface area contributed by atoms with Gasteiger partial charge in [-0.25, -0.2) is 0 Å². The van der Waals surface area contributed by atoms with Crippen LogP contribution in [0.4, 0.5) is 0 Å². The summed E-state index contributed by atoms with van der Waals surface area (Å²) in [4.78, 5) is 16.3. The Bertz CT molecular complexity index is 399. The molecule has 100 valence electrons. The highest BCUT2D eigenvalue weighted by atomic mass is 16.2. The number of aromatic nitrogens is 2. The monoisotopic (exact) mass is 250 g/mol. The van der Waals surface area contributed by atoms with Crippen LogP contribution in [0.25, 0.3) is 0 Å². The van der Waals surface area contributed by atoms with Gasteiger partial charge in [-0.15, -0.1) is 0 Å². The highest BCUT2D eigenvalue weighted by molar-refractivity contribution is 5.76. The van der Waals surface area contributed by atoms with Gasteiger partial charge in [0.05, 0.1) is 5.69 Å². The first-order valence-electron chi connectivity index (χ1n) is 6.54. The van der Waals surface area contributed by atoms with Crippen molar-refractivity contribution in [3.63, 3.8) is 0 Å². The predicted molar refractivity (Wildman–Crippen MR) is 70.5 cm³/mol. The van der Waals surface area contributed by atoms with E-state index in [4.69, 9.17) is 0 Å². The zero-order valence-corrected chi connectivity index (χ0v) is 11.5. The Morgan fingerprint density at radius 1 is 1.28 bits per heavy atom. The third-order valence-corrected chi connectivity index (χ3v) is 3.73. The van der Waals surface area contributed by atoms with Crippen molar-refractivity contribution in [2.45, 2.75) is 26.7 Å². The van der Waals surface area contributed by atoms with E-state index in [0.717, 1.165) is 44.0 Å². The maximum absolute atomic E-state index is 12.1. The largest absolute Gasteiger partial charge is 0.340 e. The molecule has 1 N–H and O–H groups in total. The van der Waals surface area contributed by atoms with Crippen molar-refractivity contribution in [1.82, 2.24) is 20.0 Å². The molecule has 0 bridgehead atoms. The molecule has 5 heteroatoms. The number of H-pyrrole nitrogens is 1. The molecule has 1 aromatic heterocycles. The van der Waals surface area contributed by atoms with Gasteiger partial charge in [-0.1, -0.05) is 0 Å². The van der Waals surface area contributed by atoms with Gasteiger partial charge in [0, 0.05) is 38.3 Å². The van der Waals surface area contributed by atoms with Gasteiger partial charge in [0.25, 0.3) is 0 Å². The summed E-state index contributed by atoms with van der Waals surface area (Å²) < 4.78 is 0. The lowest BCUT2D eigenvalue weighted by atomic mass is 10.1. The van der Waals surface area contributed by atoms with Crippen molar-refractivity contribution in [2.75, 3.05) is 33.2 Å². The molecule has 5 nitrogen and oxygen atoms in total. The number of aryl methyl sites for hydroxylation is 2. The van der Waals surface area contributed by atoms with E-state index >= 15 is 0 Å². The first-order chi connectivity index (χ1) is 8.58. The molecule has 0 aromatic carbocycles. The van der Waals surface area contributed by atoms with Gasteiger partial charge >= 0.3 is 0 Å². The van der Waals surface area contributed by atoms with E-state index in [1.54, 1.807) is 0 Å². The molecular formula is C13H22N4O. The van der Waals surface area contributed by atoms with Crippen LogP contribution in [0.1, 0.15) is 23.4 Å². The molecule has 0 aliphatic carbocycles. The second-order valence-electron chi connectivity index (χ2n) is 5.10. The number of hydrogen-bond donors (Lipinski definition) is 1. The normalized spacial score (nSPS) is 17.2. The number of aromatic amines is 1. The van der Waals surface area contributed by atoms with E-state index in [2.05, 4.69) is 22.1 Å². The summed E-state index contributed by atoms with van der Waals surface area (Å²) in [7, 11) is 2.10. The lowest BCUT2D eigenvalue weighted by Crippen LogP contribution is -2.47. The van der Waals surface area contributed by atoms with Crippen LogP contribution in [-0.4, -0.2) is 59.1 Å². The van der Waals surface area contributed by atoms with Crippen molar-refractivity contribution >= 4 is 5.91 Å². The van der Waals surface area contributed by atoms with Gasteiger partial charge in [-0.05, 0) is 32.9 Å². The van der Waals surface area contributed by atoms with Crippen LogP contribution < -0.4 is 0 Å². The topological polar surface area (TPSA) is 52.2 Å². The molecule has 1 aliphatic heterocycles. The summed E-state index contributed by atoms with van der Waals surface area (Å²) in [5.74, 6) is 0.267. The number of rotatable bonds is 3. The Morgan fingerprint density at radius 2 is 1.94 bits per heavy atom. The fraction of sp³-hybridized carbons (Fsp3) is 0.692. The Labute approximate surface area is 108 Å². The second kappa shape index (κ2) is 5.52.